The van der Waals surface area contributed by atoms with E-state index in [1.54, 1.807) is 6.20 Å². The van der Waals surface area contributed by atoms with Gasteiger partial charge in [-0.3, -0.25) is 4.57 Å². The van der Waals surface area contributed by atoms with E-state index in [4.69, 9.17) is 17.3 Å². The van der Waals surface area contributed by atoms with Crippen LogP contribution in [-0.4, -0.2) is 39.6 Å². The maximum Gasteiger partial charge on any atom is 0.202 e. The first kappa shape index (κ1) is 12.7. The zero-order valence-electron chi connectivity index (χ0n) is 11.0. The molecule has 0 amide bonds. The predicted octanol–water partition coefficient (Wildman–Crippen LogP) is 2.01. The van der Waals surface area contributed by atoms with Crippen molar-refractivity contribution in [2.45, 2.75) is 19.4 Å². The Morgan fingerprint density at radius 2 is 2.16 bits per heavy atom. The summed E-state index contributed by atoms with van der Waals surface area (Å²) < 4.78 is 2.02. The molecule has 0 atom stereocenters. The van der Waals surface area contributed by atoms with Gasteiger partial charge >= 0.3 is 0 Å². The maximum absolute atomic E-state index is 6.01. The molecule has 6 heteroatoms. The Morgan fingerprint density at radius 3 is 2.89 bits per heavy atom. The molecule has 1 aliphatic heterocycles. The van der Waals surface area contributed by atoms with Crippen molar-refractivity contribution in [3.05, 3.63) is 17.3 Å². The van der Waals surface area contributed by atoms with Gasteiger partial charge in [0.05, 0.1) is 5.02 Å². The molecule has 0 saturated carbocycles. The van der Waals surface area contributed by atoms with E-state index < -0.39 is 0 Å². The van der Waals surface area contributed by atoms with Crippen LogP contribution in [0.2, 0.25) is 5.02 Å². The molecule has 0 bridgehead atoms. The largest absolute Gasteiger partial charge is 0.369 e. The highest BCUT2D eigenvalue weighted by Gasteiger charge is 2.19. The molecule has 5 nitrogen and oxygen atoms in total. The Morgan fingerprint density at radius 1 is 1.42 bits per heavy atom. The van der Waals surface area contributed by atoms with Crippen molar-refractivity contribution >= 4 is 28.7 Å². The Labute approximate surface area is 117 Å². The number of aromatic nitrogens is 3. The Kier molecular flexibility index (Phi) is 3.33. The summed E-state index contributed by atoms with van der Waals surface area (Å²) >= 11 is 5.93. The maximum atomic E-state index is 6.01. The van der Waals surface area contributed by atoms with Crippen LogP contribution >= 0.6 is 11.6 Å². The minimum atomic E-state index is 0.531. The van der Waals surface area contributed by atoms with Gasteiger partial charge in [-0.25, -0.2) is 9.97 Å². The number of hydrogen-bond acceptors (Lipinski definition) is 4. The molecule has 2 N–H and O–H groups in total. The number of fused-ring (bicyclic) bond motifs is 1. The summed E-state index contributed by atoms with van der Waals surface area (Å²) in [6.45, 7) is 3.19. The number of nitrogens with two attached hydrogens (primary N) is 1. The van der Waals surface area contributed by atoms with Crippen molar-refractivity contribution < 1.29 is 0 Å². The fourth-order valence-corrected chi connectivity index (χ4v) is 2.84. The molecule has 2 aromatic heterocycles. The number of likely N-dealkylation sites (tertiary alicyclic amines) is 1. The Hall–Kier alpha value is -1.33. The fourth-order valence-electron chi connectivity index (χ4n) is 2.69. The zero-order valence-corrected chi connectivity index (χ0v) is 11.8. The molecule has 0 radical (unpaired) electrons. The van der Waals surface area contributed by atoms with E-state index >= 15 is 0 Å². The van der Waals surface area contributed by atoms with Crippen LogP contribution in [0.25, 0.3) is 11.2 Å². The highest BCUT2D eigenvalue weighted by molar-refractivity contribution is 6.31. The van der Waals surface area contributed by atoms with Crippen molar-refractivity contribution in [1.82, 2.24) is 19.4 Å². The van der Waals surface area contributed by atoms with Crippen molar-refractivity contribution in [3.63, 3.8) is 0 Å². The molecule has 1 fully saturated rings. The molecule has 1 aliphatic rings. The third kappa shape index (κ3) is 2.53. The van der Waals surface area contributed by atoms with Crippen molar-refractivity contribution in [3.8, 4) is 0 Å². The second kappa shape index (κ2) is 4.98. The van der Waals surface area contributed by atoms with Gasteiger partial charge in [-0.05, 0) is 45.0 Å². The lowest BCUT2D eigenvalue weighted by atomic mass is 9.97. The van der Waals surface area contributed by atoms with Gasteiger partial charge in [-0.15, -0.1) is 0 Å². The molecule has 0 aliphatic carbocycles. The van der Waals surface area contributed by atoms with Crippen LogP contribution in [0.4, 0.5) is 5.95 Å². The quantitative estimate of drug-likeness (QED) is 0.914. The van der Waals surface area contributed by atoms with E-state index in [-0.39, 0.29) is 0 Å². The van der Waals surface area contributed by atoms with Gasteiger partial charge in [0.25, 0.3) is 0 Å². The number of nitrogens with zero attached hydrogens (tertiary/aromatic N) is 4. The topological polar surface area (TPSA) is 60.0 Å². The standard InChI is InChI=1S/C13H18ClN5/c1-18-4-2-9(3-5-18)8-19-12-11(17-13(19)15)6-10(14)7-16-12/h6-7,9H,2-5,8H2,1H3,(H2,15,17). The third-order valence-electron chi connectivity index (χ3n) is 3.86. The lowest BCUT2D eigenvalue weighted by Gasteiger charge is -2.29. The average molecular weight is 280 g/mol. The number of piperidine rings is 1. The molecular weight excluding hydrogens is 262 g/mol. The first-order valence-corrected chi connectivity index (χ1v) is 6.97. The molecule has 0 spiro atoms. The van der Waals surface area contributed by atoms with Gasteiger partial charge < -0.3 is 10.6 Å². The Bertz CT molecular complexity index is 586. The van der Waals surface area contributed by atoms with Gasteiger partial charge in [-0.1, -0.05) is 11.6 Å². The van der Waals surface area contributed by atoms with E-state index in [1.807, 2.05) is 10.6 Å². The molecule has 102 valence electrons. The van der Waals surface area contributed by atoms with E-state index in [2.05, 4.69) is 21.9 Å². The van der Waals surface area contributed by atoms with Crippen LogP contribution in [0, 0.1) is 5.92 Å². The van der Waals surface area contributed by atoms with Crippen LogP contribution in [-0.2, 0) is 6.54 Å². The summed E-state index contributed by atoms with van der Waals surface area (Å²) in [4.78, 5) is 11.1. The number of pyridine rings is 1. The van der Waals surface area contributed by atoms with Gasteiger partial charge in [0.1, 0.15) is 5.52 Å². The van der Waals surface area contributed by atoms with Crippen LogP contribution < -0.4 is 5.73 Å². The van der Waals surface area contributed by atoms with Gasteiger partial charge in [0, 0.05) is 12.7 Å². The lowest BCUT2D eigenvalue weighted by Crippen LogP contribution is -2.32. The molecule has 0 unspecified atom stereocenters. The van der Waals surface area contributed by atoms with Crippen LogP contribution in [0.1, 0.15) is 12.8 Å². The number of rotatable bonds is 2. The minimum absolute atomic E-state index is 0.531. The molecule has 3 rings (SSSR count). The zero-order chi connectivity index (χ0) is 13.4. The van der Waals surface area contributed by atoms with E-state index in [9.17, 15) is 0 Å². The third-order valence-corrected chi connectivity index (χ3v) is 4.07. The first-order valence-electron chi connectivity index (χ1n) is 6.59. The summed E-state index contributed by atoms with van der Waals surface area (Å²) in [6, 6.07) is 1.81. The predicted molar refractivity (Wildman–Crippen MR) is 77.2 cm³/mol. The van der Waals surface area contributed by atoms with E-state index in [1.165, 1.54) is 12.8 Å². The second-order valence-corrected chi connectivity index (χ2v) is 5.76. The van der Waals surface area contributed by atoms with Crippen molar-refractivity contribution in [1.29, 1.82) is 0 Å². The average Bonchev–Trinajstić information content (AvgIpc) is 2.68. The molecule has 3 heterocycles. The summed E-state index contributed by atoms with van der Waals surface area (Å²) in [6.07, 6.45) is 4.04. The lowest BCUT2D eigenvalue weighted by molar-refractivity contribution is 0.206. The molecular formula is C13H18ClN5. The van der Waals surface area contributed by atoms with Crippen molar-refractivity contribution in [2.75, 3.05) is 25.9 Å². The van der Waals surface area contributed by atoms with Crippen LogP contribution in [0.3, 0.4) is 0 Å². The fraction of sp³-hybridized carbons (Fsp3) is 0.538. The van der Waals surface area contributed by atoms with E-state index in [0.717, 1.165) is 30.8 Å². The SMILES string of the molecule is CN1CCC(Cn2c(N)nc3cc(Cl)cnc32)CC1. The first-order chi connectivity index (χ1) is 9.13. The summed E-state index contributed by atoms with van der Waals surface area (Å²) in [7, 11) is 2.17. The van der Waals surface area contributed by atoms with Crippen LogP contribution in [0.15, 0.2) is 12.3 Å². The number of halogens is 1. The summed E-state index contributed by atoms with van der Waals surface area (Å²) in [5.41, 5.74) is 7.62. The second-order valence-electron chi connectivity index (χ2n) is 5.32. The van der Waals surface area contributed by atoms with Gasteiger partial charge in [0.2, 0.25) is 5.95 Å². The van der Waals surface area contributed by atoms with Crippen LogP contribution in [0.5, 0.6) is 0 Å². The van der Waals surface area contributed by atoms with Gasteiger partial charge in [0.15, 0.2) is 5.65 Å². The monoisotopic (exact) mass is 279 g/mol. The number of anilines is 1. The molecule has 2 aromatic rings. The molecule has 0 aromatic carbocycles. The molecule has 1 saturated heterocycles. The number of imidazole rings is 1. The van der Waals surface area contributed by atoms with E-state index in [0.29, 0.717) is 16.9 Å². The normalized spacial score (nSPS) is 18.2. The molecule has 19 heavy (non-hydrogen) atoms. The minimum Gasteiger partial charge on any atom is -0.369 e. The summed E-state index contributed by atoms with van der Waals surface area (Å²) in [5.74, 6) is 1.18. The summed E-state index contributed by atoms with van der Waals surface area (Å²) in [5, 5.41) is 0.594. The highest BCUT2D eigenvalue weighted by Crippen LogP contribution is 2.24. The Balaban J connectivity index is 1.86. The number of hydrogen-bond donors (Lipinski definition) is 1. The number of nitrogen functional groups attached to an aromatic ring is 1. The van der Waals surface area contributed by atoms with Gasteiger partial charge in [-0.2, -0.15) is 0 Å². The highest BCUT2D eigenvalue weighted by atomic mass is 35.5. The van der Waals surface area contributed by atoms with Crippen molar-refractivity contribution in [2.24, 2.45) is 5.92 Å². The smallest absolute Gasteiger partial charge is 0.202 e.